The standard InChI is InChI=1S/C12H17NO3/c1-2-5-12(14)13-7-4-8-15-10-11-6-3-9-16-11/h2-3,5-6,9H,4,7-8,10H2,1H3,(H,13,14). The molecular weight excluding hydrogens is 206 g/mol. The first-order valence-electron chi connectivity index (χ1n) is 5.33. The molecule has 0 fully saturated rings. The lowest BCUT2D eigenvalue weighted by atomic mass is 10.4. The predicted molar refractivity (Wildman–Crippen MR) is 60.8 cm³/mol. The molecule has 0 unspecified atom stereocenters. The molecule has 0 saturated heterocycles. The van der Waals surface area contributed by atoms with Crippen LogP contribution in [0, 0.1) is 0 Å². The van der Waals surface area contributed by atoms with E-state index in [-0.39, 0.29) is 5.91 Å². The molecule has 1 aromatic rings. The van der Waals surface area contributed by atoms with Gasteiger partial charge in [0.1, 0.15) is 12.4 Å². The highest BCUT2D eigenvalue weighted by Gasteiger charge is 1.96. The lowest BCUT2D eigenvalue weighted by molar-refractivity contribution is -0.116. The van der Waals surface area contributed by atoms with Crippen molar-refractivity contribution in [3.05, 3.63) is 36.3 Å². The van der Waals surface area contributed by atoms with Crippen molar-refractivity contribution < 1.29 is 13.9 Å². The van der Waals surface area contributed by atoms with E-state index in [4.69, 9.17) is 9.15 Å². The maximum Gasteiger partial charge on any atom is 0.243 e. The first-order chi connectivity index (χ1) is 7.83. The summed E-state index contributed by atoms with van der Waals surface area (Å²) in [5.74, 6) is 0.756. The Morgan fingerprint density at radius 2 is 2.50 bits per heavy atom. The van der Waals surface area contributed by atoms with Crippen LogP contribution in [0.25, 0.3) is 0 Å². The molecule has 0 bridgehead atoms. The second kappa shape index (κ2) is 7.70. The Hall–Kier alpha value is -1.55. The van der Waals surface area contributed by atoms with Crippen LogP contribution in [-0.4, -0.2) is 19.1 Å². The molecule has 0 aromatic carbocycles. The van der Waals surface area contributed by atoms with Crippen LogP contribution in [0.5, 0.6) is 0 Å². The highest BCUT2D eigenvalue weighted by molar-refractivity contribution is 5.87. The molecule has 4 heteroatoms. The first-order valence-corrected chi connectivity index (χ1v) is 5.33. The van der Waals surface area contributed by atoms with E-state index in [9.17, 15) is 4.79 Å². The summed E-state index contributed by atoms with van der Waals surface area (Å²) >= 11 is 0. The second-order valence-electron chi connectivity index (χ2n) is 3.28. The topological polar surface area (TPSA) is 51.5 Å². The van der Waals surface area contributed by atoms with Crippen molar-refractivity contribution >= 4 is 5.91 Å². The number of hydrogen-bond acceptors (Lipinski definition) is 3. The zero-order valence-electron chi connectivity index (χ0n) is 9.44. The maximum atomic E-state index is 11.0. The predicted octanol–water partition coefficient (Wildman–Crippen LogP) is 1.88. The van der Waals surface area contributed by atoms with Crippen LogP contribution >= 0.6 is 0 Å². The molecule has 0 aliphatic heterocycles. The highest BCUT2D eigenvalue weighted by atomic mass is 16.5. The molecule has 0 spiro atoms. The first kappa shape index (κ1) is 12.5. The quantitative estimate of drug-likeness (QED) is 0.567. The van der Waals surface area contributed by atoms with Gasteiger partial charge in [-0.1, -0.05) is 6.08 Å². The third kappa shape index (κ3) is 5.36. The SMILES string of the molecule is CC=CC(=O)NCCCOCc1ccco1. The van der Waals surface area contributed by atoms with Crippen molar-refractivity contribution in [3.63, 3.8) is 0 Å². The number of hydrogen-bond donors (Lipinski definition) is 1. The molecule has 88 valence electrons. The van der Waals surface area contributed by atoms with Crippen LogP contribution in [0.4, 0.5) is 0 Å². The largest absolute Gasteiger partial charge is 0.467 e. The molecule has 0 radical (unpaired) electrons. The molecule has 0 aliphatic carbocycles. The molecule has 0 aliphatic rings. The van der Waals surface area contributed by atoms with Gasteiger partial charge in [-0.2, -0.15) is 0 Å². The Morgan fingerprint density at radius 3 is 3.19 bits per heavy atom. The third-order valence-corrected chi connectivity index (χ3v) is 1.91. The number of ether oxygens (including phenoxy) is 1. The smallest absolute Gasteiger partial charge is 0.243 e. The van der Waals surface area contributed by atoms with Crippen molar-refractivity contribution in [2.75, 3.05) is 13.2 Å². The molecule has 1 amide bonds. The van der Waals surface area contributed by atoms with Gasteiger partial charge in [-0.25, -0.2) is 0 Å². The van der Waals surface area contributed by atoms with Gasteiger partial charge in [0.15, 0.2) is 0 Å². The number of rotatable bonds is 7. The molecule has 1 rings (SSSR count). The van der Waals surface area contributed by atoms with Gasteiger partial charge in [0.25, 0.3) is 0 Å². The van der Waals surface area contributed by atoms with Gasteiger partial charge >= 0.3 is 0 Å². The monoisotopic (exact) mass is 223 g/mol. The molecular formula is C12H17NO3. The van der Waals surface area contributed by atoms with Gasteiger partial charge in [-0.3, -0.25) is 4.79 Å². The fourth-order valence-corrected chi connectivity index (χ4v) is 1.16. The van der Waals surface area contributed by atoms with Crippen molar-refractivity contribution in [1.29, 1.82) is 0 Å². The van der Waals surface area contributed by atoms with Gasteiger partial charge in [-0.05, 0) is 31.6 Å². The molecule has 4 nitrogen and oxygen atoms in total. The number of allylic oxidation sites excluding steroid dienone is 1. The molecule has 1 aromatic heterocycles. The van der Waals surface area contributed by atoms with Crippen LogP contribution in [0.15, 0.2) is 35.0 Å². The van der Waals surface area contributed by atoms with E-state index >= 15 is 0 Å². The number of carbonyl (C=O) groups excluding carboxylic acids is 1. The molecule has 16 heavy (non-hydrogen) atoms. The zero-order valence-corrected chi connectivity index (χ0v) is 9.44. The van der Waals surface area contributed by atoms with Crippen molar-refractivity contribution in [2.24, 2.45) is 0 Å². The van der Waals surface area contributed by atoms with Crippen LogP contribution in [0.2, 0.25) is 0 Å². The minimum atomic E-state index is -0.0615. The van der Waals surface area contributed by atoms with E-state index in [2.05, 4.69) is 5.32 Å². The van der Waals surface area contributed by atoms with E-state index in [1.165, 1.54) is 6.08 Å². The minimum Gasteiger partial charge on any atom is -0.467 e. The average Bonchev–Trinajstić information content (AvgIpc) is 2.76. The average molecular weight is 223 g/mol. The Bertz CT molecular complexity index is 317. The minimum absolute atomic E-state index is 0.0615. The van der Waals surface area contributed by atoms with Gasteiger partial charge in [0.05, 0.1) is 6.26 Å². The normalized spacial score (nSPS) is 10.8. The Morgan fingerprint density at radius 1 is 1.62 bits per heavy atom. The van der Waals surface area contributed by atoms with E-state index in [0.29, 0.717) is 19.8 Å². The summed E-state index contributed by atoms with van der Waals surface area (Å²) in [5, 5.41) is 2.75. The molecule has 0 saturated carbocycles. The van der Waals surface area contributed by atoms with Crippen molar-refractivity contribution in [1.82, 2.24) is 5.32 Å². The number of furan rings is 1. The van der Waals surface area contributed by atoms with E-state index < -0.39 is 0 Å². The fourth-order valence-electron chi connectivity index (χ4n) is 1.16. The number of amides is 1. The third-order valence-electron chi connectivity index (χ3n) is 1.91. The Labute approximate surface area is 95.3 Å². The summed E-state index contributed by atoms with van der Waals surface area (Å²) in [5.41, 5.74) is 0. The highest BCUT2D eigenvalue weighted by Crippen LogP contribution is 2.01. The van der Waals surface area contributed by atoms with Crippen LogP contribution in [0.3, 0.4) is 0 Å². The Kier molecular flexibility index (Phi) is 6.03. The summed E-state index contributed by atoms with van der Waals surface area (Å²) in [4.78, 5) is 11.0. The summed E-state index contributed by atoms with van der Waals surface area (Å²) in [7, 11) is 0. The molecule has 0 atom stereocenters. The second-order valence-corrected chi connectivity index (χ2v) is 3.28. The summed E-state index contributed by atoms with van der Waals surface area (Å²) in [6, 6.07) is 3.70. The summed E-state index contributed by atoms with van der Waals surface area (Å²) < 4.78 is 10.5. The fraction of sp³-hybridized carbons (Fsp3) is 0.417. The van der Waals surface area contributed by atoms with Crippen LogP contribution in [0.1, 0.15) is 19.1 Å². The van der Waals surface area contributed by atoms with Gasteiger partial charge < -0.3 is 14.5 Å². The van der Waals surface area contributed by atoms with Crippen molar-refractivity contribution in [2.45, 2.75) is 20.0 Å². The number of carbonyl (C=O) groups is 1. The van der Waals surface area contributed by atoms with Crippen molar-refractivity contribution in [3.8, 4) is 0 Å². The molecule has 1 heterocycles. The number of nitrogens with one attached hydrogen (secondary N) is 1. The lowest BCUT2D eigenvalue weighted by Crippen LogP contribution is -2.23. The summed E-state index contributed by atoms with van der Waals surface area (Å²) in [6.07, 6.45) is 5.63. The van der Waals surface area contributed by atoms with E-state index in [1.54, 1.807) is 12.3 Å². The van der Waals surface area contributed by atoms with E-state index in [1.807, 2.05) is 19.1 Å². The Balaban J connectivity index is 1.94. The molecule has 1 N–H and O–H groups in total. The van der Waals surface area contributed by atoms with Gasteiger partial charge in [0.2, 0.25) is 5.91 Å². The summed E-state index contributed by atoms with van der Waals surface area (Å²) in [6.45, 7) is 3.53. The van der Waals surface area contributed by atoms with Gasteiger partial charge in [-0.15, -0.1) is 0 Å². The van der Waals surface area contributed by atoms with E-state index in [0.717, 1.165) is 12.2 Å². The van der Waals surface area contributed by atoms with Crippen LogP contribution in [-0.2, 0) is 16.1 Å². The van der Waals surface area contributed by atoms with Gasteiger partial charge in [0, 0.05) is 13.2 Å². The van der Waals surface area contributed by atoms with Crippen LogP contribution < -0.4 is 5.32 Å². The lowest BCUT2D eigenvalue weighted by Gasteiger charge is -2.03. The maximum absolute atomic E-state index is 11.0. The zero-order chi connectivity index (χ0) is 11.6.